The number of amides is 2. The van der Waals surface area contributed by atoms with E-state index in [1.807, 2.05) is 0 Å². The van der Waals surface area contributed by atoms with Crippen molar-refractivity contribution in [3.8, 4) is 5.75 Å². The van der Waals surface area contributed by atoms with Crippen molar-refractivity contribution in [3.63, 3.8) is 0 Å². The lowest BCUT2D eigenvalue weighted by Crippen LogP contribution is -2.29. The summed E-state index contributed by atoms with van der Waals surface area (Å²) < 4.78 is 5.01. The number of benzene rings is 2. The van der Waals surface area contributed by atoms with Gasteiger partial charge in [-0.3, -0.25) is 9.59 Å². The molecule has 2 amide bonds. The van der Waals surface area contributed by atoms with Crippen LogP contribution < -0.4 is 15.4 Å². The number of nitrogens with one attached hydrogen (secondary N) is 2. The monoisotopic (exact) mass is 304 g/mol. The second-order valence-electron chi connectivity index (χ2n) is 4.12. The highest BCUT2D eigenvalue weighted by Gasteiger charge is 2.15. The predicted octanol–water partition coefficient (Wildman–Crippen LogP) is 2.93. The van der Waals surface area contributed by atoms with Crippen molar-refractivity contribution in [2.45, 2.75) is 0 Å². The Balaban J connectivity index is 1.99. The Morgan fingerprint density at radius 1 is 0.952 bits per heavy atom. The summed E-state index contributed by atoms with van der Waals surface area (Å²) in [7, 11) is 1.55. The maximum absolute atomic E-state index is 11.8. The third-order valence-corrected chi connectivity index (χ3v) is 3.01. The third kappa shape index (κ3) is 3.97. The number of hydrogen-bond donors (Lipinski definition) is 2. The summed E-state index contributed by atoms with van der Waals surface area (Å²) in [4.78, 5) is 23.6. The van der Waals surface area contributed by atoms with Crippen LogP contribution in [0.5, 0.6) is 5.75 Å². The van der Waals surface area contributed by atoms with Crippen molar-refractivity contribution in [1.29, 1.82) is 0 Å². The molecule has 0 radical (unpaired) electrons. The number of ether oxygens (including phenoxy) is 1. The second-order valence-corrected chi connectivity index (χ2v) is 4.52. The van der Waals surface area contributed by atoms with Crippen LogP contribution in [0.1, 0.15) is 0 Å². The molecule has 0 aliphatic carbocycles. The Labute approximate surface area is 126 Å². The van der Waals surface area contributed by atoms with E-state index in [4.69, 9.17) is 16.3 Å². The first-order valence-electron chi connectivity index (χ1n) is 6.11. The Morgan fingerprint density at radius 3 is 2.19 bits per heavy atom. The first-order valence-corrected chi connectivity index (χ1v) is 6.49. The molecule has 0 heterocycles. The largest absolute Gasteiger partial charge is 0.497 e. The minimum absolute atomic E-state index is 0.364. The zero-order valence-electron chi connectivity index (χ0n) is 11.2. The van der Waals surface area contributed by atoms with Gasteiger partial charge in [-0.15, -0.1) is 0 Å². The number of halogens is 1. The molecule has 0 aliphatic heterocycles. The van der Waals surface area contributed by atoms with Crippen LogP contribution >= 0.6 is 11.6 Å². The van der Waals surface area contributed by atoms with Gasteiger partial charge in [-0.05, 0) is 36.4 Å². The van der Waals surface area contributed by atoms with Gasteiger partial charge >= 0.3 is 11.8 Å². The Hall–Kier alpha value is -2.53. The standard InChI is InChI=1S/C15H13ClN2O3/c1-21-11-8-6-10(7-9-11)17-14(19)15(20)18-13-5-3-2-4-12(13)16/h2-9H,1H3,(H,17,19)(H,18,20). The number of carbonyl (C=O) groups excluding carboxylic acids is 2. The van der Waals surface area contributed by atoms with Crippen LogP contribution in [0.25, 0.3) is 0 Å². The fourth-order valence-corrected chi connectivity index (χ4v) is 1.79. The lowest BCUT2D eigenvalue weighted by atomic mass is 10.3. The number of carbonyl (C=O) groups is 2. The molecule has 0 unspecified atom stereocenters. The fourth-order valence-electron chi connectivity index (χ4n) is 1.60. The molecule has 2 aromatic carbocycles. The summed E-state index contributed by atoms with van der Waals surface area (Å²) in [5.41, 5.74) is 0.879. The molecule has 5 nitrogen and oxygen atoms in total. The normalized spacial score (nSPS) is 9.81. The first kappa shape index (κ1) is 14.9. The van der Waals surface area contributed by atoms with Crippen LogP contribution in [0.4, 0.5) is 11.4 Å². The third-order valence-electron chi connectivity index (χ3n) is 2.68. The second kappa shape index (κ2) is 6.76. The molecular weight excluding hydrogens is 292 g/mol. The topological polar surface area (TPSA) is 67.4 Å². The smallest absolute Gasteiger partial charge is 0.314 e. The lowest BCUT2D eigenvalue weighted by Gasteiger charge is -2.08. The van der Waals surface area contributed by atoms with E-state index in [1.54, 1.807) is 55.6 Å². The van der Waals surface area contributed by atoms with Crippen molar-refractivity contribution >= 4 is 34.8 Å². The molecule has 6 heteroatoms. The van der Waals surface area contributed by atoms with E-state index < -0.39 is 11.8 Å². The van der Waals surface area contributed by atoms with E-state index in [-0.39, 0.29) is 0 Å². The molecule has 21 heavy (non-hydrogen) atoms. The van der Waals surface area contributed by atoms with Gasteiger partial charge in [-0.2, -0.15) is 0 Å². The van der Waals surface area contributed by atoms with Gasteiger partial charge in [0.2, 0.25) is 0 Å². The van der Waals surface area contributed by atoms with Crippen LogP contribution in [0.3, 0.4) is 0 Å². The van der Waals surface area contributed by atoms with Crippen molar-refractivity contribution in [2.75, 3.05) is 17.7 Å². The first-order chi connectivity index (χ1) is 10.1. The van der Waals surface area contributed by atoms with Crippen molar-refractivity contribution in [1.82, 2.24) is 0 Å². The van der Waals surface area contributed by atoms with Gasteiger partial charge in [0.05, 0.1) is 17.8 Å². The summed E-state index contributed by atoms with van der Waals surface area (Å²) in [5.74, 6) is -0.910. The van der Waals surface area contributed by atoms with Gasteiger partial charge in [0.1, 0.15) is 5.75 Å². The van der Waals surface area contributed by atoms with Crippen molar-refractivity contribution in [2.24, 2.45) is 0 Å². The Morgan fingerprint density at radius 2 is 1.57 bits per heavy atom. The average Bonchev–Trinajstić information content (AvgIpc) is 2.50. The molecule has 0 spiro atoms. The molecule has 0 saturated carbocycles. The Bertz CT molecular complexity index is 656. The minimum atomic E-state index is -0.793. The molecule has 0 aromatic heterocycles. The van der Waals surface area contributed by atoms with Crippen molar-refractivity contribution < 1.29 is 14.3 Å². The SMILES string of the molecule is COc1ccc(NC(=O)C(=O)Nc2ccccc2Cl)cc1. The minimum Gasteiger partial charge on any atom is -0.497 e. The van der Waals surface area contributed by atoms with Crippen molar-refractivity contribution in [3.05, 3.63) is 53.6 Å². The van der Waals surface area contributed by atoms with Gasteiger partial charge in [-0.1, -0.05) is 23.7 Å². The van der Waals surface area contributed by atoms with Crippen LogP contribution in [-0.4, -0.2) is 18.9 Å². The highest BCUT2D eigenvalue weighted by atomic mass is 35.5. The Kier molecular flexibility index (Phi) is 4.79. The number of anilines is 2. The predicted molar refractivity (Wildman–Crippen MR) is 81.7 cm³/mol. The molecule has 2 N–H and O–H groups in total. The summed E-state index contributed by atoms with van der Waals surface area (Å²) in [6, 6.07) is 13.3. The lowest BCUT2D eigenvalue weighted by molar-refractivity contribution is -0.132. The van der Waals surface area contributed by atoms with Gasteiger partial charge in [0, 0.05) is 5.69 Å². The molecule has 0 bridgehead atoms. The molecule has 108 valence electrons. The number of hydrogen-bond acceptors (Lipinski definition) is 3. The molecular formula is C15H13ClN2O3. The van der Waals surface area contributed by atoms with E-state index in [1.165, 1.54) is 0 Å². The average molecular weight is 305 g/mol. The van der Waals surface area contributed by atoms with Gasteiger partial charge < -0.3 is 15.4 Å². The van der Waals surface area contributed by atoms with Crippen LogP contribution in [0, 0.1) is 0 Å². The van der Waals surface area contributed by atoms with Gasteiger partial charge in [0.15, 0.2) is 0 Å². The number of methoxy groups -OCH3 is 1. The maximum atomic E-state index is 11.8. The van der Waals surface area contributed by atoms with Gasteiger partial charge in [-0.25, -0.2) is 0 Å². The number of para-hydroxylation sites is 1. The molecule has 0 atom stereocenters. The number of rotatable bonds is 3. The molecule has 2 aromatic rings. The zero-order chi connectivity index (χ0) is 15.2. The highest BCUT2D eigenvalue weighted by Crippen LogP contribution is 2.20. The molecule has 0 fully saturated rings. The molecule has 2 rings (SSSR count). The highest BCUT2D eigenvalue weighted by molar-refractivity contribution is 6.44. The summed E-state index contributed by atoms with van der Waals surface area (Å²) in [6.07, 6.45) is 0. The summed E-state index contributed by atoms with van der Waals surface area (Å²) in [6.45, 7) is 0. The van der Waals surface area contributed by atoms with E-state index in [2.05, 4.69) is 10.6 Å². The van der Waals surface area contributed by atoms with E-state index in [0.717, 1.165) is 0 Å². The van der Waals surface area contributed by atoms with E-state index in [0.29, 0.717) is 22.1 Å². The van der Waals surface area contributed by atoms with Gasteiger partial charge in [0.25, 0.3) is 0 Å². The maximum Gasteiger partial charge on any atom is 0.314 e. The van der Waals surface area contributed by atoms with E-state index >= 15 is 0 Å². The molecule has 0 saturated heterocycles. The van der Waals surface area contributed by atoms with E-state index in [9.17, 15) is 9.59 Å². The van der Waals surface area contributed by atoms with Crippen LogP contribution in [0.15, 0.2) is 48.5 Å². The summed E-state index contributed by atoms with van der Waals surface area (Å²) >= 11 is 5.91. The zero-order valence-corrected chi connectivity index (χ0v) is 12.0. The summed E-state index contributed by atoms with van der Waals surface area (Å²) in [5, 5.41) is 5.29. The quantitative estimate of drug-likeness (QED) is 0.857. The fraction of sp³-hybridized carbons (Fsp3) is 0.0667. The van der Waals surface area contributed by atoms with Crippen LogP contribution in [-0.2, 0) is 9.59 Å². The van der Waals surface area contributed by atoms with Crippen LogP contribution in [0.2, 0.25) is 5.02 Å². The molecule has 0 aliphatic rings.